The van der Waals surface area contributed by atoms with Gasteiger partial charge in [-0.1, -0.05) is 17.7 Å². The quantitative estimate of drug-likeness (QED) is 0.751. The average molecular weight is 349 g/mol. The molecule has 22 heavy (non-hydrogen) atoms. The lowest BCUT2D eigenvalue weighted by Crippen LogP contribution is -2.33. The second kappa shape index (κ2) is 8.47. The zero-order valence-corrected chi connectivity index (χ0v) is 14.4. The Morgan fingerprint density at radius 3 is 2.68 bits per heavy atom. The number of nitrogens with one attached hydrogen (secondary N) is 2. The third kappa shape index (κ3) is 6.74. The minimum absolute atomic E-state index is 0.0186. The lowest BCUT2D eigenvalue weighted by atomic mass is 10.2. The van der Waals surface area contributed by atoms with Crippen molar-refractivity contribution >= 4 is 33.2 Å². The van der Waals surface area contributed by atoms with Crippen molar-refractivity contribution in [2.75, 3.05) is 24.7 Å². The van der Waals surface area contributed by atoms with Gasteiger partial charge in [-0.15, -0.1) is 0 Å². The number of carbonyl (C=O) groups excluding carboxylic acids is 1. The van der Waals surface area contributed by atoms with E-state index in [1.807, 2.05) is 13.0 Å². The van der Waals surface area contributed by atoms with E-state index in [-0.39, 0.29) is 24.6 Å². The molecule has 0 aliphatic rings. The number of hydrogen-bond donors (Lipinski definition) is 2. The maximum atomic E-state index is 11.8. The van der Waals surface area contributed by atoms with E-state index in [1.165, 1.54) is 7.11 Å². The van der Waals surface area contributed by atoms with E-state index in [9.17, 15) is 13.2 Å². The van der Waals surface area contributed by atoms with E-state index >= 15 is 0 Å². The van der Waals surface area contributed by atoms with Crippen LogP contribution in [0.25, 0.3) is 0 Å². The first-order valence-corrected chi connectivity index (χ1v) is 8.82. The highest BCUT2D eigenvalue weighted by Gasteiger charge is 2.15. The van der Waals surface area contributed by atoms with E-state index in [0.29, 0.717) is 10.7 Å². The maximum Gasteiger partial charge on any atom is 0.225 e. The summed E-state index contributed by atoms with van der Waals surface area (Å²) in [5.74, 6) is -0.456. The molecular weight excluding hydrogens is 328 g/mol. The number of anilines is 1. The van der Waals surface area contributed by atoms with E-state index in [4.69, 9.17) is 16.3 Å². The van der Waals surface area contributed by atoms with Gasteiger partial charge in [-0.3, -0.25) is 4.79 Å². The fourth-order valence-corrected chi connectivity index (χ4v) is 3.26. The Labute approximate surface area is 136 Å². The number of carbonyl (C=O) groups is 1. The predicted molar refractivity (Wildman–Crippen MR) is 87.7 cm³/mol. The molecular formula is C14H21ClN2O4S. The molecule has 0 aliphatic heterocycles. The lowest BCUT2D eigenvalue weighted by Gasteiger charge is -2.11. The standard InChI is InChI=1S/C14H21ClN2O4S/c1-10-4-5-13(12(15)8-10)17-14(18)6-7-16-22(19,20)9-11(2)21-3/h4-5,8,11,16H,6-7,9H2,1-3H3,(H,17,18)/t11-/m1/s1. The summed E-state index contributed by atoms with van der Waals surface area (Å²) in [7, 11) is -2.01. The van der Waals surface area contributed by atoms with Gasteiger partial charge in [-0.2, -0.15) is 0 Å². The summed E-state index contributed by atoms with van der Waals surface area (Å²) >= 11 is 6.01. The highest BCUT2D eigenvalue weighted by Crippen LogP contribution is 2.22. The molecule has 1 aromatic carbocycles. The molecule has 2 N–H and O–H groups in total. The minimum Gasteiger partial charge on any atom is -0.381 e. The van der Waals surface area contributed by atoms with Crippen LogP contribution in [0, 0.1) is 6.92 Å². The van der Waals surface area contributed by atoms with Crippen LogP contribution in [0.1, 0.15) is 18.9 Å². The Morgan fingerprint density at radius 2 is 2.09 bits per heavy atom. The van der Waals surface area contributed by atoms with E-state index < -0.39 is 16.1 Å². The molecule has 0 aromatic heterocycles. The number of aryl methyl sites for hydroxylation is 1. The summed E-state index contributed by atoms with van der Waals surface area (Å²) < 4.78 is 30.6. The highest BCUT2D eigenvalue weighted by molar-refractivity contribution is 7.89. The average Bonchev–Trinajstić information content (AvgIpc) is 2.41. The summed E-state index contributed by atoms with van der Waals surface area (Å²) in [5.41, 5.74) is 1.50. The summed E-state index contributed by atoms with van der Waals surface area (Å²) in [4.78, 5) is 11.8. The van der Waals surface area contributed by atoms with Crippen LogP contribution in [0.3, 0.4) is 0 Å². The Balaban J connectivity index is 2.43. The minimum atomic E-state index is -3.46. The lowest BCUT2D eigenvalue weighted by molar-refractivity contribution is -0.116. The van der Waals surface area contributed by atoms with Crippen molar-refractivity contribution in [1.82, 2.24) is 4.72 Å². The second-order valence-corrected chi connectivity index (χ2v) is 7.26. The number of rotatable bonds is 8. The molecule has 1 atom stereocenters. The molecule has 1 aromatic rings. The number of hydrogen-bond acceptors (Lipinski definition) is 4. The van der Waals surface area contributed by atoms with Crippen molar-refractivity contribution in [3.63, 3.8) is 0 Å². The Bertz CT molecular complexity index is 619. The Hall–Kier alpha value is -1.15. The van der Waals surface area contributed by atoms with Crippen LogP contribution in [-0.2, 0) is 19.6 Å². The van der Waals surface area contributed by atoms with Gasteiger partial charge in [0.25, 0.3) is 0 Å². The van der Waals surface area contributed by atoms with Crippen molar-refractivity contribution in [2.45, 2.75) is 26.4 Å². The van der Waals surface area contributed by atoms with Gasteiger partial charge in [0.2, 0.25) is 15.9 Å². The number of amides is 1. The summed E-state index contributed by atoms with van der Waals surface area (Å²) in [5, 5.41) is 3.09. The number of halogens is 1. The van der Waals surface area contributed by atoms with Crippen LogP contribution in [0.5, 0.6) is 0 Å². The molecule has 0 fully saturated rings. The number of benzene rings is 1. The van der Waals surface area contributed by atoms with Crippen LogP contribution in [-0.4, -0.2) is 39.8 Å². The third-order valence-corrected chi connectivity index (χ3v) is 4.79. The molecule has 0 spiro atoms. The van der Waals surface area contributed by atoms with Crippen LogP contribution >= 0.6 is 11.6 Å². The monoisotopic (exact) mass is 348 g/mol. The van der Waals surface area contributed by atoms with Gasteiger partial charge in [0.1, 0.15) is 0 Å². The van der Waals surface area contributed by atoms with Gasteiger partial charge >= 0.3 is 0 Å². The Morgan fingerprint density at radius 1 is 1.41 bits per heavy atom. The van der Waals surface area contributed by atoms with Gasteiger partial charge in [-0.05, 0) is 31.5 Å². The zero-order valence-electron chi connectivity index (χ0n) is 12.8. The molecule has 0 bridgehead atoms. The summed E-state index contributed by atoms with van der Waals surface area (Å²) in [6.07, 6.45) is -0.386. The highest BCUT2D eigenvalue weighted by atomic mass is 35.5. The largest absolute Gasteiger partial charge is 0.381 e. The molecule has 124 valence electrons. The number of methoxy groups -OCH3 is 1. The zero-order chi connectivity index (χ0) is 16.8. The van der Waals surface area contributed by atoms with Crippen molar-refractivity contribution < 1.29 is 17.9 Å². The number of sulfonamides is 1. The van der Waals surface area contributed by atoms with E-state index in [2.05, 4.69) is 10.0 Å². The Kier molecular flexibility index (Phi) is 7.28. The fourth-order valence-electron chi connectivity index (χ4n) is 1.69. The van der Waals surface area contributed by atoms with Gasteiger partial charge in [0, 0.05) is 20.1 Å². The molecule has 8 heteroatoms. The molecule has 0 saturated heterocycles. The van der Waals surface area contributed by atoms with Gasteiger partial charge in [0.15, 0.2) is 0 Å². The summed E-state index contributed by atoms with van der Waals surface area (Å²) in [6.45, 7) is 3.58. The molecule has 0 saturated carbocycles. The van der Waals surface area contributed by atoms with Crippen molar-refractivity contribution in [2.24, 2.45) is 0 Å². The fraction of sp³-hybridized carbons (Fsp3) is 0.500. The van der Waals surface area contributed by atoms with Crippen LogP contribution in [0.15, 0.2) is 18.2 Å². The topological polar surface area (TPSA) is 84.5 Å². The van der Waals surface area contributed by atoms with Gasteiger partial charge < -0.3 is 10.1 Å². The SMILES string of the molecule is CO[C@H](C)CS(=O)(=O)NCCC(=O)Nc1ccc(C)cc1Cl. The normalized spacial score (nSPS) is 12.9. The second-order valence-electron chi connectivity index (χ2n) is 5.00. The van der Waals surface area contributed by atoms with Crippen LogP contribution < -0.4 is 10.0 Å². The smallest absolute Gasteiger partial charge is 0.225 e. The van der Waals surface area contributed by atoms with Gasteiger partial charge in [0.05, 0.1) is 22.6 Å². The van der Waals surface area contributed by atoms with Crippen LogP contribution in [0.2, 0.25) is 5.02 Å². The molecule has 0 aliphatic carbocycles. The first-order chi connectivity index (χ1) is 10.2. The first kappa shape index (κ1) is 18.9. The molecule has 0 unspecified atom stereocenters. The number of ether oxygens (including phenoxy) is 1. The van der Waals surface area contributed by atoms with Crippen molar-refractivity contribution in [3.8, 4) is 0 Å². The molecule has 0 heterocycles. The molecule has 0 radical (unpaired) electrons. The van der Waals surface area contributed by atoms with Crippen LogP contribution in [0.4, 0.5) is 5.69 Å². The third-order valence-electron chi connectivity index (χ3n) is 2.93. The molecule has 6 nitrogen and oxygen atoms in total. The van der Waals surface area contributed by atoms with E-state index in [1.54, 1.807) is 19.1 Å². The predicted octanol–water partition coefficient (Wildman–Crippen LogP) is 1.93. The maximum absolute atomic E-state index is 11.8. The van der Waals surface area contributed by atoms with Gasteiger partial charge in [-0.25, -0.2) is 13.1 Å². The summed E-state index contributed by atoms with van der Waals surface area (Å²) in [6, 6.07) is 5.28. The molecule has 1 rings (SSSR count). The molecule has 1 amide bonds. The van der Waals surface area contributed by atoms with E-state index in [0.717, 1.165) is 5.56 Å². The van der Waals surface area contributed by atoms with Crippen molar-refractivity contribution in [3.05, 3.63) is 28.8 Å². The van der Waals surface area contributed by atoms with Crippen molar-refractivity contribution in [1.29, 1.82) is 0 Å². The first-order valence-electron chi connectivity index (χ1n) is 6.79.